The van der Waals surface area contributed by atoms with Crippen LogP contribution in [0, 0.1) is 10.1 Å². The van der Waals surface area contributed by atoms with E-state index in [1.54, 1.807) is 97.9 Å². The number of non-ortho nitro benzene ring substituents is 1. The Bertz CT molecular complexity index is 1680. The van der Waals surface area contributed by atoms with Crippen LogP contribution in [0.25, 0.3) is 5.57 Å². The largest absolute Gasteiger partial charge is 0.462 e. The summed E-state index contributed by atoms with van der Waals surface area (Å²) in [6.07, 6.45) is 1.28. The minimum atomic E-state index is -0.633. The van der Waals surface area contributed by atoms with E-state index in [9.17, 15) is 24.5 Å². The number of nitro benzene ring substituents is 1. The second kappa shape index (κ2) is 12.6. The SMILES string of the molecule is CCOC(=O)c1ccc(N/N=C\C(=C2C(=O)N(c3ccccc3)N(c3ccccc3)C2=O)c2cccc([N+](=O)[O-])c2)cc1. The molecule has 1 aliphatic heterocycles. The molecule has 4 aromatic carbocycles. The van der Waals surface area contributed by atoms with Crippen LogP contribution in [0.2, 0.25) is 0 Å². The van der Waals surface area contributed by atoms with Crippen molar-refractivity contribution in [3.8, 4) is 0 Å². The number of rotatable bonds is 9. The van der Waals surface area contributed by atoms with Crippen LogP contribution in [0.4, 0.5) is 22.7 Å². The van der Waals surface area contributed by atoms with Crippen molar-refractivity contribution in [1.29, 1.82) is 0 Å². The predicted octanol–water partition coefficient (Wildman–Crippen LogP) is 5.62. The second-order valence-electron chi connectivity index (χ2n) is 9.17. The lowest BCUT2D eigenvalue weighted by atomic mass is 9.99. The number of esters is 1. The first-order valence-electron chi connectivity index (χ1n) is 13.2. The van der Waals surface area contributed by atoms with E-state index >= 15 is 0 Å². The first-order chi connectivity index (χ1) is 20.9. The van der Waals surface area contributed by atoms with Crippen LogP contribution in [-0.2, 0) is 14.3 Å². The molecule has 1 saturated heterocycles. The molecule has 0 aromatic heterocycles. The topological polar surface area (TPSA) is 134 Å². The minimum absolute atomic E-state index is 0.0775. The van der Waals surface area contributed by atoms with Gasteiger partial charge >= 0.3 is 5.97 Å². The van der Waals surface area contributed by atoms with Crippen LogP contribution in [0.3, 0.4) is 0 Å². The maximum Gasteiger partial charge on any atom is 0.338 e. The third kappa shape index (κ3) is 6.00. The van der Waals surface area contributed by atoms with Gasteiger partial charge in [-0.2, -0.15) is 5.10 Å². The lowest BCUT2D eigenvalue weighted by molar-refractivity contribution is -0.384. The Morgan fingerprint density at radius 2 is 1.42 bits per heavy atom. The summed E-state index contributed by atoms with van der Waals surface area (Å²) >= 11 is 0. The summed E-state index contributed by atoms with van der Waals surface area (Å²) in [6, 6.07) is 29.4. The zero-order chi connectivity index (χ0) is 30.3. The Morgan fingerprint density at radius 1 is 0.837 bits per heavy atom. The summed E-state index contributed by atoms with van der Waals surface area (Å²) < 4.78 is 5.00. The Labute approximate surface area is 246 Å². The first kappa shape index (κ1) is 28.4. The zero-order valence-electron chi connectivity index (χ0n) is 22.9. The molecule has 0 radical (unpaired) electrons. The fourth-order valence-corrected chi connectivity index (χ4v) is 4.46. The number of para-hydroxylation sites is 2. The molecule has 2 amide bonds. The number of hydrogen-bond acceptors (Lipinski definition) is 8. The lowest BCUT2D eigenvalue weighted by Gasteiger charge is -2.27. The number of allylic oxidation sites excluding steroid dienone is 1. The number of hydrogen-bond donors (Lipinski definition) is 1. The molecule has 0 aliphatic carbocycles. The highest BCUT2D eigenvalue weighted by Crippen LogP contribution is 2.35. The minimum Gasteiger partial charge on any atom is -0.462 e. The van der Waals surface area contributed by atoms with Gasteiger partial charge in [0.1, 0.15) is 5.57 Å². The van der Waals surface area contributed by atoms with Gasteiger partial charge in [-0.15, -0.1) is 0 Å². The Morgan fingerprint density at radius 3 is 1.95 bits per heavy atom. The van der Waals surface area contributed by atoms with Crippen LogP contribution in [0.5, 0.6) is 0 Å². The quantitative estimate of drug-likeness (QED) is 0.0684. The molecule has 5 rings (SSSR count). The predicted molar refractivity (Wildman–Crippen MR) is 162 cm³/mol. The van der Waals surface area contributed by atoms with Crippen LogP contribution in [0.1, 0.15) is 22.8 Å². The molecule has 0 saturated carbocycles. The standard InChI is InChI=1S/C32H25N5O6/c1-2-43-32(40)22-16-18-24(19-17-22)34-33-21-28(23-10-9-15-27(20-23)37(41)42)29-30(38)35(25-11-5-3-6-12-25)36(31(29)39)26-13-7-4-8-14-26/h3-21,34H,2H2,1H3/b33-21-. The average Bonchev–Trinajstić information content (AvgIpc) is 3.29. The summed E-state index contributed by atoms with van der Waals surface area (Å²) in [5.74, 6) is -1.72. The van der Waals surface area contributed by atoms with E-state index in [2.05, 4.69) is 10.5 Å². The second-order valence-corrected chi connectivity index (χ2v) is 9.17. The molecule has 1 fully saturated rings. The van der Waals surface area contributed by atoms with E-state index in [-0.39, 0.29) is 29.0 Å². The molecular formula is C32H25N5O6. The summed E-state index contributed by atoms with van der Waals surface area (Å²) in [4.78, 5) is 51.1. The van der Waals surface area contributed by atoms with Gasteiger partial charge in [0, 0.05) is 17.7 Å². The maximum atomic E-state index is 14.1. The number of nitro groups is 1. The number of nitrogens with zero attached hydrogens (tertiary/aromatic N) is 4. The number of benzene rings is 4. The maximum absolute atomic E-state index is 14.1. The molecule has 1 heterocycles. The van der Waals surface area contributed by atoms with E-state index < -0.39 is 22.7 Å². The van der Waals surface area contributed by atoms with Crippen LogP contribution in [-0.4, -0.2) is 35.5 Å². The third-order valence-electron chi connectivity index (χ3n) is 6.43. The van der Waals surface area contributed by atoms with Gasteiger partial charge in [-0.05, 0) is 61.0 Å². The number of hydrazine groups is 1. The molecule has 1 aliphatic rings. The van der Waals surface area contributed by atoms with Gasteiger partial charge in [-0.3, -0.25) is 25.1 Å². The monoisotopic (exact) mass is 575 g/mol. The number of carbonyl (C=O) groups excluding carboxylic acids is 3. The Balaban J connectivity index is 1.60. The third-order valence-corrected chi connectivity index (χ3v) is 6.43. The summed E-state index contributed by atoms with van der Waals surface area (Å²) in [5.41, 5.74) is 4.48. The molecule has 43 heavy (non-hydrogen) atoms. The molecule has 0 spiro atoms. The fourth-order valence-electron chi connectivity index (χ4n) is 4.46. The van der Waals surface area contributed by atoms with Gasteiger partial charge in [0.15, 0.2) is 0 Å². The molecule has 1 N–H and O–H groups in total. The number of anilines is 3. The van der Waals surface area contributed by atoms with Crippen molar-refractivity contribution in [1.82, 2.24) is 0 Å². The van der Waals surface area contributed by atoms with Crippen molar-refractivity contribution in [2.75, 3.05) is 22.1 Å². The molecular weight excluding hydrogens is 550 g/mol. The van der Waals surface area contributed by atoms with Crippen molar-refractivity contribution < 1.29 is 24.0 Å². The van der Waals surface area contributed by atoms with Gasteiger partial charge < -0.3 is 4.74 Å². The Hall–Kier alpha value is -6.10. The van der Waals surface area contributed by atoms with Crippen molar-refractivity contribution in [3.63, 3.8) is 0 Å². The molecule has 0 unspecified atom stereocenters. The number of amides is 2. The highest BCUT2D eigenvalue weighted by molar-refractivity contribution is 6.43. The molecule has 11 nitrogen and oxygen atoms in total. The lowest BCUT2D eigenvalue weighted by Crippen LogP contribution is -2.41. The van der Waals surface area contributed by atoms with Gasteiger partial charge in [-0.1, -0.05) is 48.5 Å². The summed E-state index contributed by atoms with van der Waals surface area (Å²) in [7, 11) is 0. The van der Waals surface area contributed by atoms with Gasteiger partial charge in [0.05, 0.1) is 40.4 Å². The summed E-state index contributed by atoms with van der Waals surface area (Å²) in [5, 5.41) is 18.4. The van der Waals surface area contributed by atoms with Crippen molar-refractivity contribution >= 4 is 52.3 Å². The number of ether oxygens (including phenoxy) is 1. The van der Waals surface area contributed by atoms with E-state index in [1.165, 1.54) is 34.4 Å². The fraction of sp³-hybridized carbons (Fsp3) is 0.0625. The molecule has 4 aromatic rings. The van der Waals surface area contributed by atoms with Gasteiger partial charge in [-0.25, -0.2) is 14.8 Å². The highest BCUT2D eigenvalue weighted by Gasteiger charge is 2.44. The molecule has 11 heteroatoms. The summed E-state index contributed by atoms with van der Waals surface area (Å²) in [6.45, 7) is 1.97. The average molecular weight is 576 g/mol. The molecule has 0 atom stereocenters. The van der Waals surface area contributed by atoms with Gasteiger partial charge in [0.2, 0.25) is 0 Å². The molecule has 214 valence electrons. The van der Waals surface area contributed by atoms with Crippen LogP contribution >= 0.6 is 0 Å². The van der Waals surface area contributed by atoms with E-state index in [1.807, 2.05) is 0 Å². The number of nitrogens with one attached hydrogen (secondary N) is 1. The molecule has 0 bridgehead atoms. The first-order valence-corrected chi connectivity index (χ1v) is 13.2. The normalized spacial score (nSPS) is 13.0. The van der Waals surface area contributed by atoms with E-state index in [0.717, 1.165) is 0 Å². The zero-order valence-corrected chi connectivity index (χ0v) is 22.9. The number of carbonyl (C=O) groups is 3. The smallest absolute Gasteiger partial charge is 0.338 e. The van der Waals surface area contributed by atoms with Crippen LogP contribution in [0.15, 0.2) is 120 Å². The van der Waals surface area contributed by atoms with Crippen LogP contribution < -0.4 is 15.4 Å². The van der Waals surface area contributed by atoms with Crippen molar-refractivity contribution in [2.45, 2.75) is 6.92 Å². The van der Waals surface area contributed by atoms with Crippen molar-refractivity contribution in [3.05, 3.63) is 136 Å². The van der Waals surface area contributed by atoms with E-state index in [0.29, 0.717) is 22.6 Å². The van der Waals surface area contributed by atoms with E-state index in [4.69, 9.17) is 4.74 Å². The Kier molecular flexibility index (Phi) is 8.33. The number of hydrazone groups is 1. The van der Waals surface area contributed by atoms with Crippen molar-refractivity contribution in [2.24, 2.45) is 5.10 Å². The highest BCUT2D eigenvalue weighted by atomic mass is 16.6. The van der Waals surface area contributed by atoms with Gasteiger partial charge in [0.25, 0.3) is 17.5 Å².